The number of hydrogen-bond donors (Lipinski definition) is 3. The summed E-state index contributed by atoms with van der Waals surface area (Å²) in [6.07, 6.45) is 0. The molecule has 0 bridgehead atoms. The molecule has 0 aromatic carbocycles. The molecule has 0 rings (SSSR count). The third-order valence-electron chi connectivity index (χ3n) is 0. The van der Waals surface area contributed by atoms with Crippen molar-refractivity contribution in [2.75, 3.05) is 0 Å². The molecule has 0 amide bonds. The van der Waals surface area contributed by atoms with Gasteiger partial charge in [0.25, 0.3) is 0 Å². The van der Waals surface area contributed by atoms with Gasteiger partial charge in [0.1, 0.15) is 0 Å². The topological polar surface area (TPSA) is 141 Å². The minimum atomic E-state index is -4.67. The Morgan fingerprint density at radius 1 is 1.12 bits per heavy atom. The zero-order valence-corrected chi connectivity index (χ0v) is 6.52. The molecule has 0 unspecified atom stereocenters. The molecule has 0 aliphatic heterocycles. The molecular formula is H10CrNO5S. The summed E-state index contributed by atoms with van der Waals surface area (Å²) in [4.78, 5) is 0. The normalized spacial score (nSPS) is 7.25. The zero-order valence-electron chi connectivity index (χ0n) is 3.90. The van der Waals surface area contributed by atoms with Crippen molar-refractivity contribution >= 4 is 10.4 Å². The molecule has 0 saturated heterocycles. The van der Waals surface area contributed by atoms with E-state index in [9.17, 15) is 0 Å². The molecule has 0 aliphatic carbocycles. The average Bonchev–Trinajstić information content (AvgIpc) is 0.722. The summed E-state index contributed by atoms with van der Waals surface area (Å²) >= 11 is 0. The minimum absolute atomic E-state index is 0. The van der Waals surface area contributed by atoms with E-state index in [2.05, 4.69) is 0 Å². The first-order valence-electron chi connectivity index (χ1n) is 0.698. The van der Waals surface area contributed by atoms with Gasteiger partial charge in [0.15, 0.2) is 0 Å². The molecule has 7 N–H and O–H groups in total. The van der Waals surface area contributed by atoms with Gasteiger partial charge in [-0.2, -0.15) is 8.42 Å². The van der Waals surface area contributed by atoms with E-state index in [0.717, 1.165) is 0 Å². The van der Waals surface area contributed by atoms with Gasteiger partial charge >= 0.3 is 27.8 Å². The second kappa shape index (κ2) is 7.32. The fraction of sp³-hybridized carbons (Fsp3) is 0. The van der Waals surface area contributed by atoms with Gasteiger partial charge in [-0.1, -0.05) is 0 Å². The van der Waals surface area contributed by atoms with E-state index in [1.54, 1.807) is 0 Å². The molecule has 0 aromatic heterocycles. The van der Waals surface area contributed by atoms with Crippen molar-refractivity contribution in [3.8, 4) is 0 Å². The molecule has 0 atom stereocenters. The van der Waals surface area contributed by atoms with Gasteiger partial charge < -0.3 is 11.6 Å². The van der Waals surface area contributed by atoms with E-state index in [-0.39, 0.29) is 29.0 Å². The van der Waals surface area contributed by atoms with E-state index in [0.29, 0.717) is 0 Å². The Balaban J connectivity index is -0.0000000267. The maximum absolute atomic E-state index is 8.74. The standard InChI is InChI=1S/Cr.H3N.H2O4S.H2O.3H/c;;1-5(2,3)4;;;;/h;1H3;(H2,1,2,3,4);1H2;;;. The summed E-state index contributed by atoms with van der Waals surface area (Å²) in [6, 6.07) is 0. The van der Waals surface area contributed by atoms with Crippen LogP contribution in [0.1, 0.15) is 0 Å². The molecule has 0 saturated carbocycles. The van der Waals surface area contributed by atoms with Crippen LogP contribution in [-0.2, 0) is 27.8 Å². The number of hydrogen-bond acceptors (Lipinski definition) is 3. The van der Waals surface area contributed by atoms with Gasteiger partial charge in [-0.25, -0.2) is 0 Å². The summed E-state index contributed by atoms with van der Waals surface area (Å²) in [5, 5.41) is 0. The molecule has 57 valence electrons. The van der Waals surface area contributed by atoms with Crippen molar-refractivity contribution in [1.29, 1.82) is 0 Å². The van der Waals surface area contributed by atoms with Crippen LogP contribution in [0.15, 0.2) is 0 Å². The molecule has 6 nitrogen and oxygen atoms in total. The van der Waals surface area contributed by atoms with Crippen LogP contribution in [0.3, 0.4) is 0 Å². The van der Waals surface area contributed by atoms with Crippen molar-refractivity contribution in [3.63, 3.8) is 0 Å². The molecule has 0 radical (unpaired) electrons. The van der Waals surface area contributed by atoms with Crippen molar-refractivity contribution in [2.24, 2.45) is 0 Å². The molecule has 0 spiro atoms. The Kier molecular flexibility index (Phi) is 21.9. The Bertz CT molecular complexity index is 95.6. The number of rotatable bonds is 0. The van der Waals surface area contributed by atoms with Crippen molar-refractivity contribution in [2.45, 2.75) is 0 Å². The molecular weight excluding hydrogens is 178 g/mol. The van der Waals surface area contributed by atoms with E-state index in [4.69, 9.17) is 17.5 Å². The van der Waals surface area contributed by atoms with Crippen LogP contribution in [0.2, 0.25) is 0 Å². The van der Waals surface area contributed by atoms with Crippen LogP contribution in [-0.4, -0.2) is 23.0 Å². The van der Waals surface area contributed by atoms with Crippen LogP contribution in [0.5, 0.6) is 0 Å². The monoisotopic (exact) mass is 188 g/mol. The zero-order chi connectivity index (χ0) is 4.50. The second-order valence-electron chi connectivity index (χ2n) is 0.448. The van der Waals surface area contributed by atoms with Crippen LogP contribution < -0.4 is 6.15 Å². The van der Waals surface area contributed by atoms with E-state index in [1.807, 2.05) is 0 Å². The predicted molar refractivity (Wildman–Crippen MR) is 27.0 cm³/mol. The van der Waals surface area contributed by atoms with Crippen LogP contribution in [0.25, 0.3) is 0 Å². The van der Waals surface area contributed by atoms with Crippen molar-refractivity contribution < 1.29 is 40.4 Å². The Morgan fingerprint density at radius 2 is 1.12 bits per heavy atom. The summed E-state index contributed by atoms with van der Waals surface area (Å²) in [7, 11) is -4.67. The molecule has 0 aromatic rings. The molecule has 0 fully saturated rings. The predicted octanol–water partition coefficient (Wildman–Crippen LogP) is -2.12. The average molecular weight is 188 g/mol. The first kappa shape index (κ1) is 23.9. The summed E-state index contributed by atoms with van der Waals surface area (Å²) in [5.74, 6) is 0. The Labute approximate surface area is 57.5 Å². The van der Waals surface area contributed by atoms with Gasteiger partial charge in [-0.05, 0) is 0 Å². The molecule has 8 heteroatoms. The van der Waals surface area contributed by atoms with Gasteiger partial charge in [-0.3, -0.25) is 9.11 Å². The SMILES string of the molecule is N.O.O=S(=O)(O)O.[CrH3]. The molecule has 0 aliphatic rings. The summed E-state index contributed by atoms with van der Waals surface area (Å²) in [5.41, 5.74) is 0. The fourth-order valence-corrected chi connectivity index (χ4v) is 0. The van der Waals surface area contributed by atoms with Gasteiger partial charge in [0.05, 0.1) is 0 Å². The van der Waals surface area contributed by atoms with E-state index >= 15 is 0 Å². The summed E-state index contributed by atoms with van der Waals surface area (Å²) in [6.45, 7) is 0. The van der Waals surface area contributed by atoms with Crippen molar-refractivity contribution in [3.05, 3.63) is 0 Å². The van der Waals surface area contributed by atoms with Gasteiger partial charge in [-0.15, -0.1) is 0 Å². The van der Waals surface area contributed by atoms with Crippen LogP contribution in [0, 0.1) is 0 Å². The van der Waals surface area contributed by atoms with Gasteiger partial charge in [0.2, 0.25) is 0 Å². The quantitative estimate of drug-likeness (QED) is 0.372. The fourth-order valence-electron chi connectivity index (χ4n) is 0. The van der Waals surface area contributed by atoms with Gasteiger partial charge in [0, 0.05) is 0 Å². The second-order valence-corrected chi connectivity index (χ2v) is 1.34. The third-order valence-corrected chi connectivity index (χ3v) is 0. The maximum atomic E-state index is 8.74. The summed E-state index contributed by atoms with van der Waals surface area (Å²) < 4.78 is 31.6. The molecule has 8 heavy (non-hydrogen) atoms. The van der Waals surface area contributed by atoms with E-state index < -0.39 is 10.4 Å². The first-order chi connectivity index (χ1) is 2.00. The van der Waals surface area contributed by atoms with Crippen LogP contribution >= 0.6 is 0 Å². The van der Waals surface area contributed by atoms with Crippen LogP contribution in [0.4, 0.5) is 0 Å². The Morgan fingerprint density at radius 3 is 1.12 bits per heavy atom. The van der Waals surface area contributed by atoms with E-state index in [1.165, 1.54) is 0 Å². The Hall–Kier alpha value is 0.322. The first-order valence-corrected chi connectivity index (χ1v) is 2.10. The third kappa shape index (κ3) is 1720. The van der Waals surface area contributed by atoms with Crippen molar-refractivity contribution in [1.82, 2.24) is 6.15 Å². The molecule has 0 heterocycles.